The SMILES string of the molecule is CCc1ccc(Nc2ccc(NC(=O)c3ccc4c(c3)OCO4)cc2)cc1. The summed E-state index contributed by atoms with van der Waals surface area (Å²) in [4.78, 5) is 12.4. The van der Waals surface area contributed by atoms with Gasteiger partial charge in [0.15, 0.2) is 11.5 Å². The van der Waals surface area contributed by atoms with Crippen molar-refractivity contribution in [2.24, 2.45) is 0 Å². The minimum absolute atomic E-state index is 0.191. The molecule has 1 aliphatic rings. The number of carbonyl (C=O) groups is 1. The Bertz CT molecular complexity index is 950. The van der Waals surface area contributed by atoms with Crippen molar-refractivity contribution >= 4 is 23.0 Å². The van der Waals surface area contributed by atoms with E-state index in [9.17, 15) is 4.79 Å². The lowest BCUT2D eigenvalue weighted by molar-refractivity contribution is 0.102. The fraction of sp³-hybridized carbons (Fsp3) is 0.136. The molecule has 0 aliphatic carbocycles. The maximum atomic E-state index is 12.4. The van der Waals surface area contributed by atoms with Gasteiger partial charge < -0.3 is 20.1 Å². The van der Waals surface area contributed by atoms with Gasteiger partial charge in [-0.25, -0.2) is 0 Å². The predicted molar refractivity (Wildman–Crippen MR) is 106 cm³/mol. The lowest BCUT2D eigenvalue weighted by Crippen LogP contribution is -2.11. The summed E-state index contributed by atoms with van der Waals surface area (Å²) >= 11 is 0. The van der Waals surface area contributed by atoms with Gasteiger partial charge in [-0.2, -0.15) is 0 Å². The highest BCUT2D eigenvalue weighted by molar-refractivity contribution is 6.04. The molecule has 0 atom stereocenters. The highest BCUT2D eigenvalue weighted by Gasteiger charge is 2.16. The minimum Gasteiger partial charge on any atom is -0.454 e. The molecule has 0 saturated carbocycles. The fourth-order valence-electron chi connectivity index (χ4n) is 2.87. The van der Waals surface area contributed by atoms with Crippen LogP contribution in [0.1, 0.15) is 22.8 Å². The molecule has 0 spiro atoms. The van der Waals surface area contributed by atoms with Crippen LogP contribution in [0.15, 0.2) is 66.7 Å². The van der Waals surface area contributed by atoms with Gasteiger partial charge in [-0.15, -0.1) is 0 Å². The Balaban J connectivity index is 1.40. The normalized spacial score (nSPS) is 11.9. The first-order chi connectivity index (χ1) is 13.2. The zero-order valence-electron chi connectivity index (χ0n) is 15.0. The van der Waals surface area contributed by atoms with E-state index < -0.39 is 0 Å². The molecule has 1 heterocycles. The second-order valence-electron chi connectivity index (χ2n) is 6.27. The van der Waals surface area contributed by atoms with Crippen molar-refractivity contribution in [2.45, 2.75) is 13.3 Å². The zero-order valence-corrected chi connectivity index (χ0v) is 15.0. The van der Waals surface area contributed by atoms with E-state index in [-0.39, 0.29) is 12.7 Å². The maximum Gasteiger partial charge on any atom is 0.255 e. The third-order valence-electron chi connectivity index (χ3n) is 4.43. The predicted octanol–water partition coefficient (Wildman–Crippen LogP) is 4.97. The molecule has 0 aromatic heterocycles. The van der Waals surface area contributed by atoms with E-state index in [1.54, 1.807) is 18.2 Å². The smallest absolute Gasteiger partial charge is 0.255 e. The lowest BCUT2D eigenvalue weighted by Gasteiger charge is -2.09. The van der Waals surface area contributed by atoms with Gasteiger partial charge in [-0.1, -0.05) is 19.1 Å². The number of hydrogen-bond acceptors (Lipinski definition) is 4. The van der Waals surface area contributed by atoms with E-state index >= 15 is 0 Å². The van der Waals surface area contributed by atoms with Crippen molar-refractivity contribution in [1.29, 1.82) is 0 Å². The van der Waals surface area contributed by atoms with E-state index in [1.807, 2.05) is 24.3 Å². The number of nitrogens with one attached hydrogen (secondary N) is 2. The van der Waals surface area contributed by atoms with Crippen LogP contribution in [0.25, 0.3) is 0 Å². The fourth-order valence-corrected chi connectivity index (χ4v) is 2.87. The summed E-state index contributed by atoms with van der Waals surface area (Å²) in [7, 11) is 0. The molecule has 0 unspecified atom stereocenters. The molecule has 0 radical (unpaired) electrons. The summed E-state index contributed by atoms with van der Waals surface area (Å²) in [5, 5.41) is 6.25. The van der Waals surface area contributed by atoms with Crippen molar-refractivity contribution < 1.29 is 14.3 Å². The monoisotopic (exact) mass is 360 g/mol. The Labute approximate surface area is 157 Å². The number of amides is 1. The van der Waals surface area contributed by atoms with Gasteiger partial charge >= 0.3 is 0 Å². The van der Waals surface area contributed by atoms with Crippen molar-refractivity contribution in [3.05, 3.63) is 77.9 Å². The van der Waals surface area contributed by atoms with Crippen LogP contribution in [0.2, 0.25) is 0 Å². The molecule has 0 bridgehead atoms. The van der Waals surface area contributed by atoms with Crippen molar-refractivity contribution in [1.82, 2.24) is 0 Å². The van der Waals surface area contributed by atoms with Crippen molar-refractivity contribution in [3.8, 4) is 11.5 Å². The first-order valence-electron chi connectivity index (χ1n) is 8.88. The van der Waals surface area contributed by atoms with Gasteiger partial charge in [-0.05, 0) is 66.6 Å². The van der Waals surface area contributed by atoms with Crippen LogP contribution in [-0.2, 0) is 6.42 Å². The van der Waals surface area contributed by atoms with Crippen LogP contribution in [0.4, 0.5) is 17.1 Å². The van der Waals surface area contributed by atoms with Crippen LogP contribution >= 0.6 is 0 Å². The minimum atomic E-state index is -0.191. The first kappa shape index (κ1) is 17.0. The third-order valence-corrected chi connectivity index (χ3v) is 4.43. The molecule has 0 saturated heterocycles. The first-order valence-corrected chi connectivity index (χ1v) is 8.88. The highest BCUT2D eigenvalue weighted by atomic mass is 16.7. The molecule has 3 aromatic carbocycles. The number of fused-ring (bicyclic) bond motifs is 1. The number of rotatable bonds is 5. The van der Waals surface area contributed by atoms with E-state index in [4.69, 9.17) is 9.47 Å². The molecular formula is C22H20N2O3. The molecule has 5 nitrogen and oxygen atoms in total. The topological polar surface area (TPSA) is 59.6 Å². The third kappa shape index (κ3) is 3.87. The Hall–Kier alpha value is -3.47. The molecule has 136 valence electrons. The van der Waals surface area contributed by atoms with Crippen LogP contribution in [0.3, 0.4) is 0 Å². The zero-order chi connectivity index (χ0) is 18.6. The average Bonchev–Trinajstić information content (AvgIpc) is 3.18. The van der Waals surface area contributed by atoms with E-state index in [0.717, 1.165) is 23.5 Å². The van der Waals surface area contributed by atoms with E-state index in [0.29, 0.717) is 17.1 Å². The number of anilines is 3. The molecule has 1 amide bonds. The second kappa shape index (κ2) is 7.41. The molecule has 4 rings (SSSR count). The molecule has 27 heavy (non-hydrogen) atoms. The van der Waals surface area contributed by atoms with Gasteiger partial charge in [0.25, 0.3) is 5.91 Å². The molecule has 5 heteroatoms. The Morgan fingerprint density at radius 3 is 2.19 bits per heavy atom. The van der Waals surface area contributed by atoms with Crippen LogP contribution < -0.4 is 20.1 Å². The van der Waals surface area contributed by atoms with E-state index in [2.05, 4.69) is 41.8 Å². The van der Waals surface area contributed by atoms with Crippen LogP contribution in [0.5, 0.6) is 11.5 Å². The molecule has 1 aliphatic heterocycles. The molecule has 3 aromatic rings. The van der Waals surface area contributed by atoms with Crippen LogP contribution in [-0.4, -0.2) is 12.7 Å². The van der Waals surface area contributed by atoms with Gasteiger partial charge in [-0.3, -0.25) is 4.79 Å². The quantitative estimate of drug-likeness (QED) is 0.674. The average molecular weight is 360 g/mol. The summed E-state index contributed by atoms with van der Waals surface area (Å²) in [5.41, 5.74) is 4.55. The standard InChI is InChI=1S/C22H20N2O3/c1-2-15-3-6-17(7-4-15)23-18-8-10-19(11-9-18)24-22(25)16-5-12-20-21(13-16)27-14-26-20/h3-13,23H,2,14H2,1H3,(H,24,25). The molecule has 2 N–H and O–H groups in total. The number of ether oxygens (including phenoxy) is 2. The largest absolute Gasteiger partial charge is 0.454 e. The Morgan fingerprint density at radius 1 is 0.852 bits per heavy atom. The number of benzene rings is 3. The number of aryl methyl sites for hydroxylation is 1. The van der Waals surface area contributed by atoms with E-state index in [1.165, 1.54) is 5.56 Å². The van der Waals surface area contributed by atoms with Gasteiger partial charge in [0.1, 0.15) is 0 Å². The summed E-state index contributed by atoms with van der Waals surface area (Å²) in [6.07, 6.45) is 1.03. The summed E-state index contributed by atoms with van der Waals surface area (Å²) < 4.78 is 10.6. The second-order valence-corrected chi connectivity index (χ2v) is 6.27. The summed E-state index contributed by atoms with van der Waals surface area (Å²) in [5.74, 6) is 1.06. The Kier molecular flexibility index (Phi) is 4.66. The number of hydrogen-bond donors (Lipinski definition) is 2. The van der Waals surface area contributed by atoms with Crippen molar-refractivity contribution in [2.75, 3.05) is 17.4 Å². The summed E-state index contributed by atoms with van der Waals surface area (Å²) in [6, 6.07) is 21.1. The maximum absolute atomic E-state index is 12.4. The van der Waals surface area contributed by atoms with Gasteiger partial charge in [0, 0.05) is 22.6 Å². The number of carbonyl (C=O) groups excluding carboxylic acids is 1. The van der Waals surface area contributed by atoms with Gasteiger partial charge in [0.2, 0.25) is 6.79 Å². The van der Waals surface area contributed by atoms with Crippen LogP contribution in [0, 0.1) is 0 Å². The molecule has 0 fully saturated rings. The Morgan fingerprint density at radius 2 is 1.48 bits per heavy atom. The lowest BCUT2D eigenvalue weighted by atomic mass is 10.1. The molecular weight excluding hydrogens is 340 g/mol. The summed E-state index contributed by atoms with van der Waals surface area (Å²) in [6.45, 7) is 2.33. The van der Waals surface area contributed by atoms with Gasteiger partial charge in [0.05, 0.1) is 0 Å². The van der Waals surface area contributed by atoms with Crippen molar-refractivity contribution in [3.63, 3.8) is 0 Å². The highest BCUT2D eigenvalue weighted by Crippen LogP contribution is 2.32.